The molecular formula is C37H43FN3O6PS2. The van der Waals surface area contributed by atoms with E-state index < -0.39 is 29.2 Å². The number of thiophene rings is 1. The molecule has 50 heavy (non-hydrogen) atoms. The molecule has 3 heterocycles. The van der Waals surface area contributed by atoms with Crippen molar-refractivity contribution >= 4 is 60.9 Å². The first-order chi connectivity index (χ1) is 23.9. The molecule has 5 rings (SSSR count). The van der Waals surface area contributed by atoms with E-state index in [2.05, 4.69) is 21.1 Å². The second-order valence-corrected chi connectivity index (χ2v) is 15.7. The highest BCUT2D eigenvalue weighted by Gasteiger charge is 2.40. The molecule has 2 aromatic carbocycles. The number of carbonyl (C=O) groups excluding carboxylic acids is 3. The van der Waals surface area contributed by atoms with Gasteiger partial charge in [0.25, 0.3) is 5.91 Å². The molecule has 13 heteroatoms. The summed E-state index contributed by atoms with van der Waals surface area (Å²) in [5.74, 6) is -1.71. The van der Waals surface area contributed by atoms with Gasteiger partial charge in [-0.05, 0) is 82.5 Å². The van der Waals surface area contributed by atoms with Crippen LogP contribution in [-0.2, 0) is 19.1 Å². The average Bonchev–Trinajstić information content (AvgIpc) is 3.76. The number of aryl methyl sites for hydroxylation is 1. The molecule has 266 valence electrons. The molecule has 0 N–H and O–H groups in total. The number of hydrogen-bond acceptors (Lipinski definition) is 10. The molecular weight excluding hydrogens is 697 g/mol. The minimum Gasteiger partial charge on any atom is -0.424 e. The molecule has 2 aromatic heterocycles. The van der Waals surface area contributed by atoms with Crippen molar-refractivity contribution in [2.45, 2.75) is 77.4 Å². The van der Waals surface area contributed by atoms with Gasteiger partial charge in [0.05, 0.1) is 45.0 Å². The van der Waals surface area contributed by atoms with Crippen molar-refractivity contribution in [2.75, 3.05) is 30.1 Å². The van der Waals surface area contributed by atoms with Crippen LogP contribution in [0, 0.1) is 12.7 Å². The van der Waals surface area contributed by atoms with Crippen molar-refractivity contribution in [3.63, 3.8) is 0 Å². The quantitative estimate of drug-likeness (QED) is 0.0488. The second-order valence-electron chi connectivity index (χ2n) is 12.4. The van der Waals surface area contributed by atoms with Gasteiger partial charge in [0.1, 0.15) is 17.3 Å². The van der Waals surface area contributed by atoms with Crippen molar-refractivity contribution in [2.24, 2.45) is 0 Å². The third-order valence-electron chi connectivity index (χ3n) is 8.53. The van der Waals surface area contributed by atoms with Gasteiger partial charge in [0.2, 0.25) is 0 Å². The third kappa shape index (κ3) is 8.84. The van der Waals surface area contributed by atoms with E-state index in [1.807, 2.05) is 43.3 Å². The van der Waals surface area contributed by atoms with Crippen molar-refractivity contribution < 1.29 is 33.0 Å². The summed E-state index contributed by atoms with van der Waals surface area (Å²) < 4.78 is 31.8. The van der Waals surface area contributed by atoms with Gasteiger partial charge in [-0.2, -0.15) is 0 Å². The van der Waals surface area contributed by atoms with Gasteiger partial charge < -0.3 is 19.1 Å². The van der Waals surface area contributed by atoms with E-state index in [0.29, 0.717) is 24.6 Å². The minimum absolute atomic E-state index is 0.0904. The number of amides is 1. The summed E-state index contributed by atoms with van der Waals surface area (Å²) in [4.78, 5) is 50.3. The Balaban J connectivity index is 1.32. The van der Waals surface area contributed by atoms with E-state index in [-0.39, 0.29) is 36.0 Å². The highest BCUT2D eigenvalue weighted by Crippen LogP contribution is 2.46. The van der Waals surface area contributed by atoms with Gasteiger partial charge in [-0.1, -0.05) is 28.3 Å². The van der Waals surface area contributed by atoms with Crippen LogP contribution in [0.3, 0.4) is 0 Å². The number of esters is 1. The molecule has 4 atom stereocenters. The van der Waals surface area contributed by atoms with Gasteiger partial charge in [0.15, 0.2) is 11.5 Å². The van der Waals surface area contributed by atoms with Gasteiger partial charge in [-0.15, -0.1) is 22.7 Å². The van der Waals surface area contributed by atoms with Crippen LogP contribution in [0.4, 0.5) is 15.8 Å². The molecule has 0 radical (unpaired) electrons. The smallest absolute Gasteiger partial charge is 0.311 e. The Kier molecular flexibility index (Phi) is 12.6. The minimum atomic E-state index is -1.15. The molecule has 0 saturated heterocycles. The average molecular weight is 740 g/mol. The SMILES string of the molecule is CC[C@H](C)OCCCCOC(C)(P)C(=O)CCC(=O)Oc1ccccc1N1C(=O)c2cc(F)ccc2N(C)C1c1ccc(-c2csc(C)n2)s1. The number of thiazole rings is 1. The standard InChI is InChI=1S/C37H43FN3O6PS2/c1-6-23(2)45-19-9-10-20-46-37(4,48)33(42)17-18-34(43)47-30-12-8-7-11-29(30)41-35(32-16-15-31(50-32)27-22-49-24(3)39-27)40(5)28-14-13-25(38)21-26(28)36(41)44/h7-8,11-16,21-23,35H,6,9-10,17-20,48H2,1-5H3/t23-,35?,37?/m0/s1. The Morgan fingerprint density at radius 1 is 1.08 bits per heavy atom. The second kappa shape index (κ2) is 16.7. The molecule has 4 aromatic rings. The summed E-state index contributed by atoms with van der Waals surface area (Å²) >= 11 is 3.06. The molecule has 0 saturated carbocycles. The van der Waals surface area contributed by atoms with E-state index in [1.165, 1.54) is 28.4 Å². The number of aromatic nitrogens is 1. The van der Waals surface area contributed by atoms with E-state index in [4.69, 9.17) is 14.2 Å². The molecule has 1 aliphatic rings. The highest BCUT2D eigenvalue weighted by atomic mass is 32.1. The largest absolute Gasteiger partial charge is 0.424 e. The first-order valence-electron chi connectivity index (χ1n) is 16.6. The maximum absolute atomic E-state index is 14.5. The molecule has 0 fully saturated rings. The van der Waals surface area contributed by atoms with Crippen molar-refractivity contribution in [1.82, 2.24) is 4.98 Å². The number of hydrogen-bond donors (Lipinski definition) is 0. The van der Waals surface area contributed by atoms with Gasteiger partial charge in [-0.3, -0.25) is 19.3 Å². The summed E-state index contributed by atoms with van der Waals surface area (Å²) in [5.41, 5.74) is 1.95. The normalized spacial score (nSPS) is 16.2. The van der Waals surface area contributed by atoms with Crippen LogP contribution in [0.25, 0.3) is 10.6 Å². The lowest BCUT2D eigenvalue weighted by Gasteiger charge is -2.43. The van der Waals surface area contributed by atoms with Crippen LogP contribution in [0.2, 0.25) is 0 Å². The number of ketones is 1. The Morgan fingerprint density at radius 2 is 1.84 bits per heavy atom. The zero-order valence-corrected chi connectivity index (χ0v) is 31.7. The predicted molar refractivity (Wildman–Crippen MR) is 200 cm³/mol. The third-order valence-corrected chi connectivity index (χ3v) is 10.9. The number of nitrogens with zero attached hydrogens (tertiary/aromatic N) is 3. The summed E-state index contributed by atoms with van der Waals surface area (Å²) in [7, 11) is 4.29. The van der Waals surface area contributed by atoms with E-state index in [1.54, 1.807) is 48.6 Å². The lowest BCUT2D eigenvalue weighted by molar-refractivity contribution is -0.139. The lowest BCUT2D eigenvalue weighted by atomic mass is 10.0. The summed E-state index contributed by atoms with van der Waals surface area (Å²) in [6.07, 6.45) is 1.82. The number of benzene rings is 2. The van der Waals surface area contributed by atoms with Crippen LogP contribution in [-0.4, -0.2) is 54.4 Å². The zero-order chi connectivity index (χ0) is 36.0. The number of unbranched alkanes of at least 4 members (excludes halogenated alkanes) is 1. The Hall–Kier alpha value is -3.54. The van der Waals surface area contributed by atoms with Gasteiger partial charge >= 0.3 is 5.97 Å². The fourth-order valence-corrected chi connectivity index (χ4v) is 7.60. The van der Waals surface area contributed by atoms with Crippen molar-refractivity contribution in [1.29, 1.82) is 0 Å². The monoisotopic (exact) mass is 739 g/mol. The Labute approximate surface area is 303 Å². The fourth-order valence-electron chi connectivity index (χ4n) is 5.55. The maximum Gasteiger partial charge on any atom is 0.311 e. The fraction of sp³-hybridized carbons (Fsp3) is 0.405. The van der Waals surface area contributed by atoms with Crippen molar-refractivity contribution in [3.05, 3.63) is 81.2 Å². The van der Waals surface area contributed by atoms with Crippen LogP contribution in [0.15, 0.2) is 60.0 Å². The first-order valence-corrected chi connectivity index (χ1v) is 18.9. The van der Waals surface area contributed by atoms with Crippen LogP contribution in [0.5, 0.6) is 5.75 Å². The number of carbonyl (C=O) groups is 3. The number of rotatable bonds is 16. The van der Waals surface area contributed by atoms with Crippen LogP contribution < -0.4 is 14.5 Å². The van der Waals surface area contributed by atoms with Crippen LogP contribution >= 0.6 is 31.9 Å². The summed E-state index contributed by atoms with van der Waals surface area (Å²) in [5, 5.41) is 1.80. The lowest BCUT2D eigenvalue weighted by Crippen LogP contribution is -2.48. The van der Waals surface area contributed by atoms with E-state index >= 15 is 0 Å². The molecule has 0 spiro atoms. The summed E-state index contributed by atoms with van der Waals surface area (Å²) in [6.45, 7) is 8.75. The number of anilines is 2. The first kappa shape index (κ1) is 37.7. The molecule has 0 bridgehead atoms. The van der Waals surface area contributed by atoms with Gasteiger partial charge in [0, 0.05) is 36.9 Å². The van der Waals surface area contributed by atoms with Gasteiger partial charge in [-0.25, -0.2) is 9.37 Å². The Bertz CT molecular complexity index is 1830. The number of fused-ring (bicyclic) bond motifs is 1. The summed E-state index contributed by atoms with van der Waals surface area (Å²) in [6, 6.07) is 14.8. The number of ether oxygens (including phenoxy) is 3. The molecule has 3 unspecified atom stereocenters. The molecule has 1 aliphatic heterocycles. The van der Waals surface area contributed by atoms with E-state index in [0.717, 1.165) is 39.7 Å². The maximum atomic E-state index is 14.5. The number of halogens is 1. The topological polar surface area (TPSA) is 98.3 Å². The Morgan fingerprint density at radius 3 is 2.58 bits per heavy atom. The van der Waals surface area contributed by atoms with E-state index in [9.17, 15) is 18.8 Å². The number of para-hydroxylation sites is 2. The van der Waals surface area contributed by atoms with Crippen LogP contribution in [0.1, 0.15) is 79.3 Å². The molecule has 0 aliphatic carbocycles. The molecule has 1 amide bonds. The predicted octanol–water partition coefficient (Wildman–Crippen LogP) is 8.57. The van der Waals surface area contributed by atoms with Crippen molar-refractivity contribution in [3.8, 4) is 16.3 Å². The molecule has 9 nitrogen and oxygen atoms in total. The number of Topliss-reactive ketones (excluding diaryl/α,β-unsaturated/α-hetero) is 1. The zero-order valence-electron chi connectivity index (χ0n) is 28.9. The highest BCUT2D eigenvalue weighted by molar-refractivity contribution is 7.20.